The minimum absolute atomic E-state index is 0.720. The van der Waals surface area contributed by atoms with Crippen molar-refractivity contribution >= 4 is 0 Å². The molecule has 1 heterocycles. The van der Waals surface area contributed by atoms with E-state index in [-0.39, 0.29) is 0 Å². The predicted molar refractivity (Wildman–Crippen MR) is 68.7 cm³/mol. The monoisotopic (exact) mass is 225 g/mol. The minimum atomic E-state index is 0.720. The van der Waals surface area contributed by atoms with Crippen LogP contribution in [-0.2, 0) is 0 Å². The van der Waals surface area contributed by atoms with Crippen LogP contribution in [-0.4, -0.2) is 62.2 Å². The predicted octanol–water partition coefficient (Wildman–Crippen LogP) is 1.01. The van der Waals surface area contributed by atoms with Gasteiger partial charge in [0.05, 0.1) is 0 Å². The summed E-state index contributed by atoms with van der Waals surface area (Å²) in [6.07, 6.45) is 4.21. The van der Waals surface area contributed by atoms with Crippen LogP contribution in [0, 0.1) is 5.92 Å². The van der Waals surface area contributed by atoms with Crippen molar-refractivity contribution in [2.24, 2.45) is 5.92 Å². The Balaban J connectivity index is 1.72. The second kappa shape index (κ2) is 5.48. The fourth-order valence-electron chi connectivity index (χ4n) is 2.66. The standard InChI is InChI=1S/C13H27N3/c1-11-9-14-13(12-5-6-12)10-16(11)8-4-7-15(2)3/h11-14H,4-10H2,1-3H3. The van der Waals surface area contributed by atoms with Gasteiger partial charge in [-0.1, -0.05) is 0 Å². The molecule has 2 aliphatic rings. The highest BCUT2D eigenvalue weighted by Crippen LogP contribution is 2.34. The van der Waals surface area contributed by atoms with E-state index in [1.807, 2.05) is 0 Å². The van der Waals surface area contributed by atoms with Crippen LogP contribution in [0.25, 0.3) is 0 Å². The molecular weight excluding hydrogens is 198 g/mol. The molecule has 2 rings (SSSR count). The number of rotatable bonds is 5. The molecule has 94 valence electrons. The summed E-state index contributed by atoms with van der Waals surface area (Å²) >= 11 is 0. The second-order valence-electron chi connectivity index (χ2n) is 5.85. The largest absolute Gasteiger partial charge is 0.311 e. The van der Waals surface area contributed by atoms with Crippen LogP contribution in [0.15, 0.2) is 0 Å². The van der Waals surface area contributed by atoms with Gasteiger partial charge in [0, 0.05) is 25.2 Å². The fourth-order valence-corrected chi connectivity index (χ4v) is 2.66. The molecule has 1 aliphatic heterocycles. The van der Waals surface area contributed by atoms with E-state index in [1.165, 1.54) is 45.4 Å². The first kappa shape index (κ1) is 12.3. The molecule has 3 heteroatoms. The van der Waals surface area contributed by atoms with Gasteiger partial charge in [-0.3, -0.25) is 4.90 Å². The van der Waals surface area contributed by atoms with Crippen molar-refractivity contribution < 1.29 is 0 Å². The van der Waals surface area contributed by atoms with Crippen LogP contribution in [0.5, 0.6) is 0 Å². The Bertz CT molecular complexity index is 213. The lowest BCUT2D eigenvalue weighted by atomic mass is 10.1. The first-order chi connectivity index (χ1) is 7.66. The summed E-state index contributed by atoms with van der Waals surface area (Å²) in [6, 6.07) is 1.51. The molecule has 1 aliphatic carbocycles. The third-order valence-electron chi connectivity index (χ3n) is 3.97. The summed E-state index contributed by atoms with van der Waals surface area (Å²) in [7, 11) is 4.32. The summed E-state index contributed by atoms with van der Waals surface area (Å²) in [5.74, 6) is 0.990. The molecule has 0 aromatic carbocycles. The maximum absolute atomic E-state index is 3.71. The summed E-state index contributed by atoms with van der Waals surface area (Å²) in [6.45, 7) is 7.29. The Kier molecular flexibility index (Phi) is 4.22. The molecule has 0 radical (unpaired) electrons. The fraction of sp³-hybridized carbons (Fsp3) is 1.00. The molecule has 0 spiro atoms. The third-order valence-corrected chi connectivity index (χ3v) is 3.97. The van der Waals surface area contributed by atoms with E-state index in [1.54, 1.807) is 0 Å². The van der Waals surface area contributed by atoms with Crippen molar-refractivity contribution in [3.05, 3.63) is 0 Å². The minimum Gasteiger partial charge on any atom is -0.311 e. The zero-order chi connectivity index (χ0) is 11.5. The van der Waals surface area contributed by atoms with E-state index >= 15 is 0 Å². The number of nitrogens with one attached hydrogen (secondary N) is 1. The smallest absolute Gasteiger partial charge is 0.0224 e. The summed E-state index contributed by atoms with van der Waals surface area (Å²) in [5.41, 5.74) is 0. The maximum atomic E-state index is 3.71. The Morgan fingerprint density at radius 2 is 2.06 bits per heavy atom. The first-order valence-corrected chi connectivity index (χ1v) is 6.79. The van der Waals surface area contributed by atoms with Crippen molar-refractivity contribution in [2.45, 2.75) is 38.3 Å². The van der Waals surface area contributed by atoms with Crippen molar-refractivity contribution in [3.8, 4) is 0 Å². The number of piperazine rings is 1. The van der Waals surface area contributed by atoms with E-state index in [0.29, 0.717) is 0 Å². The topological polar surface area (TPSA) is 18.5 Å². The lowest BCUT2D eigenvalue weighted by Crippen LogP contribution is -2.56. The Hall–Kier alpha value is -0.120. The van der Waals surface area contributed by atoms with Crippen molar-refractivity contribution in [1.29, 1.82) is 0 Å². The Morgan fingerprint density at radius 1 is 1.31 bits per heavy atom. The van der Waals surface area contributed by atoms with Gasteiger partial charge in [-0.2, -0.15) is 0 Å². The molecule has 2 atom stereocenters. The van der Waals surface area contributed by atoms with Crippen molar-refractivity contribution in [1.82, 2.24) is 15.1 Å². The third kappa shape index (κ3) is 3.44. The lowest BCUT2D eigenvalue weighted by Gasteiger charge is -2.39. The lowest BCUT2D eigenvalue weighted by molar-refractivity contribution is 0.128. The van der Waals surface area contributed by atoms with Crippen LogP contribution in [0.4, 0.5) is 0 Å². The van der Waals surface area contributed by atoms with Crippen LogP contribution < -0.4 is 5.32 Å². The van der Waals surface area contributed by atoms with Crippen molar-refractivity contribution in [2.75, 3.05) is 40.3 Å². The normalized spacial score (nSPS) is 32.2. The number of nitrogens with zero attached hydrogens (tertiary/aromatic N) is 2. The van der Waals surface area contributed by atoms with Crippen LogP contribution in [0.3, 0.4) is 0 Å². The summed E-state index contributed by atoms with van der Waals surface area (Å²) in [4.78, 5) is 4.97. The van der Waals surface area contributed by atoms with Crippen LogP contribution >= 0.6 is 0 Å². The van der Waals surface area contributed by atoms with Gasteiger partial charge >= 0.3 is 0 Å². The van der Waals surface area contributed by atoms with Gasteiger partial charge in [0.2, 0.25) is 0 Å². The van der Waals surface area contributed by atoms with E-state index in [2.05, 4.69) is 36.1 Å². The zero-order valence-electron chi connectivity index (χ0n) is 11.1. The van der Waals surface area contributed by atoms with Gasteiger partial charge in [-0.15, -0.1) is 0 Å². The van der Waals surface area contributed by atoms with Crippen LogP contribution in [0.2, 0.25) is 0 Å². The molecular formula is C13H27N3. The average molecular weight is 225 g/mol. The molecule has 0 aromatic rings. The second-order valence-corrected chi connectivity index (χ2v) is 5.85. The molecule has 16 heavy (non-hydrogen) atoms. The average Bonchev–Trinajstić information content (AvgIpc) is 3.04. The zero-order valence-corrected chi connectivity index (χ0v) is 11.1. The summed E-state index contributed by atoms with van der Waals surface area (Å²) < 4.78 is 0. The maximum Gasteiger partial charge on any atom is 0.0224 e. The van der Waals surface area contributed by atoms with Gasteiger partial charge in [-0.25, -0.2) is 0 Å². The van der Waals surface area contributed by atoms with Gasteiger partial charge < -0.3 is 10.2 Å². The molecule has 3 nitrogen and oxygen atoms in total. The highest BCUT2D eigenvalue weighted by molar-refractivity contribution is 4.93. The molecule has 0 aromatic heterocycles. The molecule has 0 amide bonds. The summed E-state index contributed by atoms with van der Waals surface area (Å²) in [5, 5.41) is 3.71. The van der Waals surface area contributed by atoms with Crippen molar-refractivity contribution in [3.63, 3.8) is 0 Å². The highest BCUT2D eigenvalue weighted by Gasteiger charge is 2.35. The Labute approximate surface area is 100 Å². The number of hydrogen-bond acceptors (Lipinski definition) is 3. The molecule has 1 N–H and O–H groups in total. The number of hydrogen-bond donors (Lipinski definition) is 1. The molecule has 2 fully saturated rings. The molecule has 1 saturated carbocycles. The molecule has 1 saturated heterocycles. The Morgan fingerprint density at radius 3 is 2.69 bits per heavy atom. The quantitative estimate of drug-likeness (QED) is 0.753. The van der Waals surface area contributed by atoms with E-state index in [9.17, 15) is 0 Å². The van der Waals surface area contributed by atoms with E-state index in [4.69, 9.17) is 0 Å². The van der Waals surface area contributed by atoms with Gasteiger partial charge in [0.25, 0.3) is 0 Å². The van der Waals surface area contributed by atoms with E-state index < -0.39 is 0 Å². The molecule has 0 bridgehead atoms. The van der Waals surface area contributed by atoms with Crippen LogP contribution in [0.1, 0.15) is 26.2 Å². The van der Waals surface area contributed by atoms with Gasteiger partial charge in [-0.05, 0) is 59.3 Å². The van der Waals surface area contributed by atoms with Gasteiger partial charge in [0.1, 0.15) is 0 Å². The van der Waals surface area contributed by atoms with E-state index in [0.717, 1.165) is 18.0 Å². The SMILES string of the molecule is CC1CNC(C2CC2)CN1CCCN(C)C. The highest BCUT2D eigenvalue weighted by atomic mass is 15.2. The first-order valence-electron chi connectivity index (χ1n) is 6.79. The van der Waals surface area contributed by atoms with Gasteiger partial charge in [0.15, 0.2) is 0 Å². The molecule has 2 unspecified atom stereocenters.